The van der Waals surface area contributed by atoms with E-state index in [2.05, 4.69) is 10.3 Å². The van der Waals surface area contributed by atoms with Crippen LogP contribution in [0.3, 0.4) is 0 Å². The van der Waals surface area contributed by atoms with Crippen LogP contribution in [-0.4, -0.2) is 23.5 Å². The number of rotatable bonds is 1. The third-order valence-corrected chi connectivity index (χ3v) is 2.00. The molecule has 5 heteroatoms. The van der Waals surface area contributed by atoms with Crippen LogP contribution in [0.5, 0.6) is 0 Å². The van der Waals surface area contributed by atoms with Gasteiger partial charge in [-0.3, -0.25) is 9.78 Å². The first-order chi connectivity index (χ1) is 6.68. The lowest BCUT2D eigenvalue weighted by atomic mass is 10.3. The Morgan fingerprint density at radius 2 is 2.21 bits per heavy atom. The zero-order valence-corrected chi connectivity index (χ0v) is 7.65. The molecule has 2 rings (SSSR count). The van der Waals surface area contributed by atoms with E-state index in [9.17, 15) is 9.59 Å². The van der Waals surface area contributed by atoms with E-state index >= 15 is 0 Å². The minimum absolute atomic E-state index is 0.0622. The second kappa shape index (κ2) is 3.10. The van der Waals surface area contributed by atoms with E-state index in [4.69, 9.17) is 0 Å². The molecule has 0 atom stereocenters. The van der Waals surface area contributed by atoms with Crippen LogP contribution in [0.25, 0.3) is 0 Å². The van der Waals surface area contributed by atoms with Crippen LogP contribution in [-0.2, 0) is 4.79 Å². The Morgan fingerprint density at radius 1 is 1.43 bits per heavy atom. The molecule has 14 heavy (non-hydrogen) atoms. The van der Waals surface area contributed by atoms with Crippen LogP contribution in [0.2, 0.25) is 0 Å². The summed E-state index contributed by atoms with van der Waals surface area (Å²) in [5, 5.41) is 2.44. The quantitative estimate of drug-likeness (QED) is 0.655. The van der Waals surface area contributed by atoms with Gasteiger partial charge in [0, 0.05) is 5.69 Å². The molecule has 5 nitrogen and oxygen atoms in total. The summed E-state index contributed by atoms with van der Waals surface area (Å²) >= 11 is 0. The minimum atomic E-state index is -0.388. The lowest BCUT2D eigenvalue weighted by Crippen LogP contribution is -2.30. The Morgan fingerprint density at radius 3 is 2.71 bits per heavy atom. The Labute approximate surface area is 80.7 Å². The maximum absolute atomic E-state index is 11.3. The van der Waals surface area contributed by atoms with Crippen molar-refractivity contribution < 1.29 is 9.59 Å². The van der Waals surface area contributed by atoms with Gasteiger partial charge in [0.05, 0.1) is 18.4 Å². The topological polar surface area (TPSA) is 62.3 Å². The van der Waals surface area contributed by atoms with Gasteiger partial charge < -0.3 is 5.32 Å². The highest BCUT2D eigenvalue weighted by Crippen LogP contribution is 2.15. The molecule has 0 unspecified atom stereocenters. The molecule has 0 spiro atoms. The number of anilines is 1. The number of hydrogen-bond donors (Lipinski definition) is 1. The van der Waals surface area contributed by atoms with Crippen LogP contribution in [0.1, 0.15) is 5.69 Å². The zero-order chi connectivity index (χ0) is 10.1. The van der Waals surface area contributed by atoms with Crippen molar-refractivity contribution in [1.29, 1.82) is 0 Å². The Kier molecular flexibility index (Phi) is 1.92. The van der Waals surface area contributed by atoms with Crippen molar-refractivity contribution in [3.05, 3.63) is 24.0 Å². The number of urea groups is 1. The summed E-state index contributed by atoms with van der Waals surface area (Å²) < 4.78 is 0. The van der Waals surface area contributed by atoms with Gasteiger partial charge in [-0.25, -0.2) is 9.69 Å². The molecule has 1 aromatic rings. The van der Waals surface area contributed by atoms with Gasteiger partial charge in [0.25, 0.3) is 5.91 Å². The highest BCUT2D eigenvalue weighted by Gasteiger charge is 2.29. The number of nitrogens with one attached hydrogen (secondary N) is 1. The summed E-state index contributed by atoms with van der Waals surface area (Å²) in [4.78, 5) is 27.6. The average Bonchev–Trinajstić information content (AvgIpc) is 2.49. The number of aryl methyl sites for hydroxylation is 1. The van der Waals surface area contributed by atoms with Gasteiger partial charge in [0.2, 0.25) is 0 Å². The highest BCUT2D eigenvalue weighted by molar-refractivity contribution is 6.19. The molecule has 1 fully saturated rings. The summed E-state index contributed by atoms with van der Waals surface area (Å²) in [5.74, 6) is -0.249. The second-order valence-electron chi connectivity index (χ2n) is 3.05. The van der Waals surface area contributed by atoms with Crippen molar-refractivity contribution >= 4 is 17.6 Å². The molecule has 0 saturated carbocycles. The number of pyridine rings is 1. The van der Waals surface area contributed by atoms with Gasteiger partial charge in [-0.05, 0) is 19.1 Å². The van der Waals surface area contributed by atoms with E-state index in [0.29, 0.717) is 5.69 Å². The molecule has 0 bridgehead atoms. The summed E-state index contributed by atoms with van der Waals surface area (Å²) in [6.45, 7) is 1.91. The fourth-order valence-corrected chi connectivity index (χ4v) is 1.28. The van der Waals surface area contributed by atoms with Crippen molar-refractivity contribution in [3.63, 3.8) is 0 Å². The van der Waals surface area contributed by atoms with E-state index in [1.165, 1.54) is 6.20 Å². The van der Waals surface area contributed by atoms with Crippen molar-refractivity contribution in [2.75, 3.05) is 11.4 Å². The lowest BCUT2D eigenvalue weighted by Gasteiger charge is -2.11. The maximum atomic E-state index is 11.3. The molecule has 1 saturated heterocycles. The predicted octanol–water partition coefficient (Wildman–Crippen LogP) is 0.446. The first-order valence-corrected chi connectivity index (χ1v) is 4.22. The summed E-state index contributed by atoms with van der Waals surface area (Å²) in [6.07, 6.45) is 1.51. The smallest absolute Gasteiger partial charge is 0.328 e. The van der Waals surface area contributed by atoms with Gasteiger partial charge in [-0.1, -0.05) is 0 Å². The van der Waals surface area contributed by atoms with Gasteiger partial charge in [-0.15, -0.1) is 0 Å². The summed E-state index contributed by atoms with van der Waals surface area (Å²) in [6, 6.07) is 3.07. The summed E-state index contributed by atoms with van der Waals surface area (Å²) in [5.41, 5.74) is 1.36. The van der Waals surface area contributed by atoms with Crippen LogP contribution >= 0.6 is 0 Å². The van der Waals surface area contributed by atoms with Gasteiger partial charge in [-0.2, -0.15) is 0 Å². The van der Waals surface area contributed by atoms with Crippen molar-refractivity contribution in [1.82, 2.24) is 10.3 Å². The Hall–Kier alpha value is -1.91. The molecule has 0 aliphatic carbocycles. The fourth-order valence-electron chi connectivity index (χ4n) is 1.28. The average molecular weight is 191 g/mol. The Balaban J connectivity index is 2.34. The first kappa shape index (κ1) is 8.68. The largest absolute Gasteiger partial charge is 0.329 e. The van der Waals surface area contributed by atoms with Crippen LogP contribution in [0, 0.1) is 6.92 Å². The molecule has 1 N–H and O–H groups in total. The molecule has 72 valence electrons. The molecule has 1 aliphatic rings. The third kappa shape index (κ3) is 1.32. The number of imide groups is 1. The number of amides is 3. The number of nitrogens with zero attached hydrogens (tertiary/aromatic N) is 2. The number of hydrogen-bond acceptors (Lipinski definition) is 3. The zero-order valence-electron chi connectivity index (χ0n) is 7.65. The van der Waals surface area contributed by atoms with Gasteiger partial charge in [0.1, 0.15) is 0 Å². The van der Waals surface area contributed by atoms with E-state index in [1.54, 1.807) is 12.1 Å². The second-order valence-corrected chi connectivity index (χ2v) is 3.05. The van der Waals surface area contributed by atoms with E-state index in [0.717, 1.165) is 10.6 Å². The van der Waals surface area contributed by atoms with Gasteiger partial charge >= 0.3 is 6.03 Å². The van der Waals surface area contributed by atoms with Crippen LogP contribution in [0.15, 0.2) is 18.3 Å². The van der Waals surface area contributed by atoms with E-state index in [-0.39, 0.29) is 18.5 Å². The molecule has 3 amide bonds. The highest BCUT2D eigenvalue weighted by atomic mass is 16.2. The normalized spacial score (nSPS) is 15.9. The molecule has 1 aliphatic heterocycles. The molecule has 2 heterocycles. The van der Waals surface area contributed by atoms with Crippen LogP contribution < -0.4 is 10.2 Å². The standard InChI is InChI=1S/C9H9N3O2/c1-6-2-3-7(4-10-6)12-8(13)5-11-9(12)14/h2-4H,5H2,1H3,(H,11,14). The third-order valence-electron chi connectivity index (χ3n) is 2.00. The predicted molar refractivity (Wildman–Crippen MR) is 49.9 cm³/mol. The lowest BCUT2D eigenvalue weighted by molar-refractivity contribution is -0.115. The number of carbonyl (C=O) groups is 2. The monoisotopic (exact) mass is 191 g/mol. The molecule has 0 aromatic carbocycles. The van der Waals surface area contributed by atoms with Crippen molar-refractivity contribution in [2.24, 2.45) is 0 Å². The van der Waals surface area contributed by atoms with Crippen molar-refractivity contribution in [3.8, 4) is 0 Å². The minimum Gasteiger partial charge on any atom is -0.328 e. The SMILES string of the molecule is Cc1ccc(N2C(=O)CNC2=O)cn1. The summed E-state index contributed by atoms with van der Waals surface area (Å²) in [7, 11) is 0. The molecule has 1 aromatic heterocycles. The van der Waals surface area contributed by atoms with E-state index in [1.807, 2.05) is 6.92 Å². The Bertz CT molecular complexity index is 370. The first-order valence-electron chi connectivity index (χ1n) is 4.22. The number of aromatic nitrogens is 1. The maximum Gasteiger partial charge on any atom is 0.329 e. The number of carbonyl (C=O) groups excluding carboxylic acids is 2. The van der Waals surface area contributed by atoms with E-state index < -0.39 is 0 Å². The van der Waals surface area contributed by atoms with Crippen molar-refractivity contribution in [2.45, 2.75) is 6.92 Å². The molecule has 0 radical (unpaired) electrons. The molecular weight excluding hydrogens is 182 g/mol. The fraction of sp³-hybridized carbons (Fsp3) is 0.222. The molecular formula is C9H9N3O2. The van der Waals surface area contributed by atoms with Gasteiger partial charge in [0.15, 0.2) is 0 Å². The van der Waals surface area contributed by atoms with Crippen LogP contribution in [0.4, 0.5) is 10.5 Å².